The highest BCUT2D eigenvalue weighted by atomic mass is 16.1. The molecule has 0 saturated carbocycles. The van der Waals surface area contributed by atoms with Gasteiger partial charge in [-0.3, -0.25) is 4.79 Å². The molecule has 2 N–H and O–H groups in total. The van der Waals surface area contributed by atoms with Crippen LogP contribution in [0.15, 0.2) is 0 Å². The topological polar surface area (TPSA) is 41.1 Å². The largest absolute Gasteiger partial charge is 0.356 e. The molecule has 1 aliphatic rings. The Balaban J connectivity index is 2.20. The summed E-state index contributed by atoms with van der Waals surface area (Å²) < 4.78 is 0. The van der Waals surface area contributed by atoms with E-state index in [0.717, 1.165) is 25.6 Å². The van der Waals surface area contributed by atoms with Gasteiger partial charge >= 0.3 is 0 Å². The number of carbonyl (C=O) groups is 1. The first-order chi connectivity index (χ1) is 7.09. The second-order valence-electron chi connectivity index (χ2n) is 5.13. The van der Waals surface area contributed by atoms with Crippen LogP contribution in [0, 0.1) is 17.8 Å². The lowest BCUT2D eigenvalue weighted by Crippen LogP contribution is -2.42. The molecule has 0 aromatic carbocycles. The molecule has 0 spiro atoms. The average molecular weight is 212 g/mol. The van der Waals surface area contributed by atoms with Gasteiger partial charge in [0, 0.05) is 13.0 Å². The number of carbonyl (C=O) groups excluding carboxylic acids is 1. The van der Waals surface area contributed by atoms with Gasteiger partial charge in [0.05, 0.1) is 0 Å². The van der Waals surface area contributed by atoms with Crippen LogP contribution in [0.2, 0.25) is 0 Å². The van der Waals surface area contributed by atoms with E-state index in [2.05, 4.69) is 31.4 Å². The molecule has 3 nitrogen and oxygen atoms in total. The molecule has 0 radical (unpaired) electrons. The van der Waals surface area contributed by atoms with Gasteiger partial charge in [-0.25, -0.2) is 0 Å². The van der Waals surface area contributed by atoms with Crippen molar-refractivity contribution in [3.8, 4) is 0 Å². The minimum atomic E-state index is 0.197. The third-order valence-electron chi connectivity index (χ3n) is 3.14. The van der Waals surface area contributed by atoms with E-state index in [1.54, 1.807) is 0 Å². The monoisotopic (exact) mass is 212 g/mol. The third kappa shape index (κ3) is 4.65. The second-order valence-corrected chi connectivity index (χ2v) is 5.13. The predicted molar refractivity (Wildman–Crippen MR) is 62.6 cm³/mol. The van der Waals surface area contributed by atoms with Gasteiger partial charge in [0.15, 0.2) is 0 Å². The first-order valence-corrected chi connectivity index (χ1v) is 6.07. The molecule has 0 aromatic heterocycles. The number of hydrogen-bond acceptors (Lipinski definition) is 2. The highest BCUT2D eigenvalue weighted by Gasteiger charge is 2.21. The Morgan fingerprint density at radius 2 is 2.27 bits per heavy atom. The van der Waals surface area contributed by atoms with Crippen molar-refractivity contribution >= 4 is 5.91 Å². The molecule has 0 bridgehead atoms. The number of nitrogens with one attached hydrogen (secondary N) is 2. The molecule has 0 aliphatic carbocycles. The highest BCUT2D eigenvalue weighted by Crippen LogP contribution is 2.17. The van der Waals surface area contributed by atoms with Crippen molar-refractivity contribution in [1.29, 1.82) is 0 Å². The van der Waals surface area contributed by atoms with E-state index in [1.165, 1.54) is 6.42 Å². The first-order valence-electron chi connectivity index (χ1n) is 6.07. The molecule has 15 heavy (non-hydrogen) atoms. The fraction of sp³-hybridized carbons (Fsp3) is 0.917. The van der Waals surface area contributed by atoms with Crippen molar-refractivity contribution in [1.82, 2.24) is 10.6 Å². The van der Waals surface area contributed by atoms with Gasteiger partial charge in [0.1, 0.15) is 0 Å². The summed E-state index contributed by atoms with van der Waals surface area (Å²) in [6, 6.07) is 0. The number of amides is 1. The molecule has 1 amide bonds. The fourth-order valence-corrected chi connectivity index (χ4v) is 2.02. The summed E-state index contributed by atoms with van der Waals surface area (Å²) in [5, 5.41) is 6.41. The van der Waals surface area contributed by atoms with Gasteiger partial charge < -0.3 is 10.6 Å². The zero-order chi connectivity index (χ0) is 11.3. The predicted octanol–water partition coefficient (Wildman–Crippen LogP) is 1.39. The minimum Gasteiger partial charge on any atom is -0.356 e. The molecular weight excluding hydrogens is 188 g/mol. The maximum Gasteiger partial charge on any atom is 0.220 e. The van der Waals surface area contributed by atoms with Gasteiger partial charge in [-0.05, 0) is 37.3 Å². The fourth-order valence-electron chi connectivity index (χ4n) is 2.02. The number of hydrogen-bond donors (Lipinski definition) is 2. The molecule has 1 saturated heterocycles. The van der Waals surface area contributed by atoms with Gasteiger partial charge in [0.25, 0.3) is 0 Å². The Labute approximate surface area is 93.0 Å². The van der Waals surface area contributed by atoms with E-state index in [4.69, 9.17) is 0 Å². The van der Waals surface area contributed by atoms with Crippen LogP contribution in [0.3, 0.4) is 0 Å². The molecule has 1 aliphatic heterocycles. The van der Waals surface area contributed by atoms with Crippen molar-refractivity contribution in [2.24, 2.45) is 17.8 Å². The van der Waals surface area contributed by atoms with Crippen LogP contribution in [0.1, 0.15) is 33.6 Å². The maximum atomic E-state index is 11.5. The summed E-state index contributed by atoms with van der Waals surface area (Å²) in [4.78, 5) is 11.5. The zero-order valence-electron chi connectivity index (χ0n) is 10.2. The highest BCUT2D eigenvalue weighted by molar-refractivity contribution is 5.76. The van der Waals surface area contributed by atoms with E-state index in [-0.39, 0.29) is 5.91 Å². The summed E-state index contributed by atoms with van der Waals surface area (Å²) in [5.74, 6) is 1.98. The molecule has 88 valence electrons. The van der Waals surface area contributed by atoms with Gasteiger partial charge in [-0.15, -0.1) is 0 Å². The van der Waals surface area contributed by atoms with Crippen LogP contribution in [0.5, 0.6) is 0 Å². The Bertz CT molecular complexity index is 204. The Kier molecular flexibility index (Phi) is 5.09. The molecule has 1 heterocycles. The molecule has 1 fully saturated rings. The standard InChI is InChI=1S/C12H24N2O/c1-9(2)6-12(15)14-8-11-7-13-5-4-10(11)3/h9-11,13H,4-8H2,1-3H3,(H,14,15). The smallest absolute Gasteiger partial charge is 0.220 e. The van der Waals surface area contributed by atoms with Crippen LogP contribution >= 0.6 is 0 Å². The molecule has 3 heteroatoms. The summed E-state index contributed by atoms with van der Waals surface area (Å²) in [5.41, 5.74) is 0. The maximum absolute atomic E-state index is 11.5. The molecular formula is C12H24N2O. The van der Waals surface area contributed by atoms with Crippen LogP contribution in [0.25, 0.3) is 0 Å². The number of piperidine rings is 1. The van der Waals surface area contributed by atoms with E-state index in [1.807, 2.05) is 0 Å². The van der Waals surface area contributed by atoms with E-state index in [0.29, 0.717) is 18.3 Å². The van der Waals surface area contributed by atoms with Crippen LogP contribution in [-0.4, -0.2) is 25.5 Å². The van der Waals surface area contributed by atoms with Crippen molar-refractivity contribution < 1.29 is 4.79 Å². The van der Waals surface area contributed by atoms with E-state index in [9.17, 15) is 4.79 Å². The molecule has 1 rings (SSSR count). The average Bonchev–Trinajstić information content (AvgIpc) is 2.15. The normalized spacial score (nSPS) is 26.7. The Morgan fingerprint density at radius 1 is 1.53 bits per heavy atom. The van der Waals surface area contributed by atoms with Gasteiger partial charge in [0.2, 0.25) is 5.91 Å². The quantitative estimate of drug-likeness (QED) is 0.739. The SMILES string of the molecule is CC(C)CC(=O)NCC1CNCCC1C. The van der Waals surface area contributed by atoms with Crippen molar-refractivity contribution in [3.63, 3.8) is 0 Å². The van der Waals surface area contributed by atoms with E-state index >= 15 is 0 Å². The number of rotatable bonds is 4. The zero-order valence-corrected chi connectivity index (χ0v) is 10.2. The van der Waals surface area contributed by atoms with E-state index < -0.39 is 0 Å². The van der Waals surface area contributed by atoms with Crippen molar-refractivity contribution in [2.45, 2.75) is 33.6 Å². The Morgan fingerprint density at radius 3 is 2.87 bits per heavy atom. The summed E-state index contributed by atoms with van der Waals surface area (Å²) >= 11 is 0. The molecule has 0 aromatic rings. The minimum absolute atomic E-state index is 0.197. The lowest BCUT2D eigenvalue weighted by atomic mass is 9.88. The van der Waals surface area contributed by atoms with Gasteiger partial charge in [-0.2, -0.15) is 0 Å². The van der Waals surface area contributed by atoms with Crippen LogP contribution in [0.4, 0.5) is 0 Å². The lowest BCUT2D eigenvalue weighted by Gasteiger charge is -2.29. The summed E-state index contributed by atoms with van der Waals surface area (Å²) in [6.45, 7) is 9.43. The van der Waals surface area contributed by atoms with Gasteiger partial charge in [-0.1, -0.05) is 20.8 Å². The summed E-state index contributed by atoms with van der Waals surface area (Å²) in [7, 11) is 0. The van der Waals surface area contributed by atoms with Crippen LogP contribution in [-0.2, 0) is 4.79 Å². The first kappa shape index (κ1) is 12.5. The summed E-state index contributed by atoms with van der Waals surface area (Å²) in [6.07, 6.45) is 1.87. The third-order valence-corrected chi connectivity index (χ3v) is 3.14. The van der Waals surface area contributed by atoms with Crippen LogP contribution < -0.4 is 10.6 Å². The molecule has 2 unspecified atom stereocenters. The molecule has 2 atom stereocenters. The second kappa shape index (κ2) is 6.11. The Hall–Kier alpha value is -0.570. The lowest BCUT2D eigenvalue weighted by molar-refractivity contribution is -0.122. The van der Waals surface area contributed by atoms with Crippen molar-refractivity contribution in [3.05, 3.63) is 0 Å². The van der Waals surface area contributed by atoms with Crippen molar-refractivity contribution in [2.75, 3.05) is 19.6 Å².